The lowest BCUT2D eigenvalue weighted by molar-refractivity contribution is -0.113. The molecule has 1 fully saturated rings. The molecule has 1 saturated carbocycles. The van der Waals surface area contributed by atoms with Gasteiger partial charge in [-0.05, 0) is 43.9 Å². The molecule has 1 aliphatic rings. The summed E-state index contributed by atoms with van der Waals surface area (Å²) in [7, 11) is 1.59. The Labute approximate surface area is 145 Å². The summed E-state index contributed by atoms with van der Waals surface area (Å²) in [4.78, 5) is 22.2. The number of carbonyl (C=O) groups is 2. The van der Waals surface area contributed by atoms with Gasteiger partial charge in [0.2, 0.25) is 5.91 Å². The van der Waals surface area contributed by atoms with Gasteiger partial charge < -0.3 is 25.8 Å². The van der Waals surface area contributed by atoms with Crippen molar-refractivity contribution in [3.8, 4) is 5.75 Å². The standard InChI is InChI=1S/C16H22ClN3O4/c1-23-14-7-4-11(20-15(21)9-17)8-13(14)19-10-2-5-12(6-3-10)24-16(18)22/h4,7-8,10,12,19H,2-3,5-6,9H2,1H3,(H2,18,22)(H,20,21)/t10-,12-. The summed E-state index contributed by atoms with van der Waals surface area (Å²) in [6.45, 7) is 0. The first-order chi connectivity index (χ1) is 11.5. The van der Waals surface area contributed by atoms with E-state index >= 15 is 0 Å². The molecule has 0 aliphatic heterocycles. The van der Waals surface area contributed by atoms with E-state index in [4.69, 9.17) is 26.8 Å². The van der Waals surface area contributed by atoms with Crippen LogP contribution in [0.5, 0.6) is 5.75 Å². The number of halogens is 1. The van der Waals surface area contributed by atoms with Crippen molar-refractivity contribution in [2.75, 3.05) is 23.6 Å². The molecule has 0 aromatic heterocycles. The van der Waals surface area contributed by atoms with Gasteiger partial charge in [-0.2, -0.15) is 0 Å². The molecule has 1 aromatic rings. The molecule has 24 heavy (non-hydrogen) atoms. The van der Waals surface area contributed by atoms with Gasteiger partial charge in [-0.3, -0.25) is 4.79 Å². The molecule has 0 spiro atoms. The Hall–Kier alpha value is -2.15. The Kier molecular flexibility index (Phi) is 6.54. The van der Waals surface area contributed by atoms with Crippen molar-refractivity contribution in [3.63, 3.8) is 0 Å². The smallest absolute Gasteiger partial charge is 0.404 e. The second-order valence-electron chi connectivity index (χ2n) is 5.65. The molecule has 7 nitrogen and oxygen atoms in total. The van der Waals surface area contributed by atoms with Crippen LogP contribution in [0, 0.1) is 0 Å². The van der Waals surface area contributed by atoms with Crippen LogP contribution >= 0.6 is 11.6 Å². The number of carbonyl (C=O) groups excluding carboxylic acids is 2. The highest BCUT2D eigenvalue weighted by Gasteiger charge is 2.24. The third kappa shape index (κ3) is 5.19. The highest BCUT2D eigenvalue weighted by molar-refractivity contribution is 6.29. The van der Waals surface area contributed by atoms with Crippen LogP contribution < -0.4 is 21.1 Å². The average molecular weight is 356 g/mol. The quantitative estimate of drug-likeness (QED) is 0.681. The first-order valence-corrected chi connectivity index (χ1v) is 8.31. The van der Waals surface area contributed by atoms with Gasteiger partial charge in [0.25, 0.3) is 0 Å². The van der Waals surface area contributed by atoms with Gasteiger partial charge in [0, 0.05) is 11.7 Å². The van der Waals surface area contributed by atoms with Crippen LogP contribution in [0.1, 0.15) is 25.7 Å². The van der Waals surface area contributed by atoms with Gasteiger partial charge in [0.15, 0.2) is 0 Å². The van der Waals surface area contributed by atoms with Crippen molar-refractivity contribution in [3.05, 3.63) is 18.2 Å². The Bertz CT molecular complexity index is 589. The van der Waals surface area contributed by atoms with Crippen molar-refractivity contribution in [2.45, 2.75) is 37.8 Å². The van der Waals surface area contributed by atoms with Crippen molar-refractivity contribution >= 4 is 35.0 Å². The van der Waals surface area contributed by atoms with Crippen LogP contribution in [0.4, 0.5) is 16.2 Å². The molecular weight excluding hydrogens is 334 g/mol. The normalized spacial score (nSPS) is 20.1. The Balaban J connectivity index is 1.99. The fourth-order valence-corrected chi connectivity index (χ4v) is 2.87. The van der Waals surface area contributed by atoms with E-state index in [2.05, 4.69) is 10.6 Å². The molecule has 0 radical (unpaired) electrons. The van der Waals surface area contributed by atoms with Gasteiger partial charge in [0.05, 0.1) is 12.8 Å². The van der Waals surface area contributed by atoms with Crippen LogP contribution in [0.3, 0.4) is 0 Å². The zero-order chi connectivity index (χ0) is 17.5. The summed E-state index contributed by atoms with van der Waals surface area (Å²) in [6, 6.07) is 5.58. The minimum atomic E-state index is -0.726. The van der Waals surface area contributed by atoms with E-state index in [1.165, 1.54) is 0 Å². The zero-order valence-corrected chi connectivity index (χ0v) is 14.3. The second-order valence-corrected chi connectivity index (χ2v) is 5.92. The van der Waals surface area contributed by atoms with Crippen molar-refractivity contribution < 1.29 is 19.1 Å². The topological polar surface area (TPSA) is 103 Å². The Morgan fingerprint density at radius 1 is 1.29 bits per heavy atom. The van der Waals surface area contributed by atoms with E-state index < -0.39 is 6.09 Å². The number of anilines is 2. The van der Waals surface area contributed by atoms with E-state index in [1.54, 1.807) is 19.2 Å². The van der Waals surface area contributed by atoms with Crippen LogP contribution in [-0.4, -0.2) is 37.1 Å². The lowest BCUT2D eigenvalue weighted by Gasteiger charge is -2.29. The third-order valence-electron chi connectivity index (χ3n) is 3.92. The first-order valence-electron chi connectivity index (χ1n) is 7.78. The number of nitrogens with one attached hydrogen (secondary N) is 2. The Morgan fingerprint density at radius 2 is 2.00 bits per heavy atom. The maximum Gasteiger partial charge on any atom is 0.404 e. The third-order valence-corrected chi connectivity index (χ3v) is 4.16. The number of primary amides is 1. The van der Waals surface area contributed by atoms with E-state index in [-0.39, 0.29) is 23.9 Å². The summed E-state index contributed by atoms with van der Waals surface area (Å²) < 4.78 is 10.4. The lowest BCUT2D eigenvalue weighted by Crippen LogP contribution is -2.32. The maximum atomic E-state index is 11.4. The number of amides is 2. The summed E-state index contributed by atoms with van der Waals surface area (Å²) in [6.07, 6.45) is 2.36. The van der Waals surface area contributed by atoms with Crippen LogP contribution in [0.15, 0.2) is 18.2 Å². The molecule has 0 unspecified atom stereocenters. The molecule has 4 N–H and O–H groups in total. The highest BCUT2D eigenvalue weighted by atomic mass is 35.5. The number of rotatable bonds is 6. The molecule has 1 aromatic carbocycles. The fourth-order valence-electron chi connectivity index (χ4n) is 2.80. The number of nitrogens with two attached hydrogens (primary N) is 1. The SMILES string of the molecule is COc1ccc(NC(=O)CCl)cc1N[C@H]1CC[C@H](OC(N)=O)CC1. The summed E-state index contributed by atoms with van der Waals surface area (Å²) in [5, 5.41) is 6.14. The van der Waals surface area contributed by atoms with Crippen molar-refractivity contribution in [1.29, 1.82) is 0 Å². The minimum absolute atomic E-state index is 0.0985. The molecule has 0 atom stereocenters. The Morgan fingerprint density at radius 3 is 2.58 bits per heavy atom. The first kappa shape index (κ1) is 18.2. The van der Waals surface area contributed by atoms with Crippen LogP contribution in [0.2, 0.25) is 0 Å². The molecular formula is C16H22ClN3O4. The van der Waals surface area contributed by atoms with Crippen LogP contribution in [-0.2, 0) is 9.53 Å². The van der Waals surface area contributed by atoms with E-state index in [0.29, 0.717) is 11.4 Å². The zero-order valence-electron chi connectivity index (χ0n) is 13.5. The largest absolute Gasteiger partial charge is 0.495 e. The van der Waals surface area contributed by atoms with Gasteiger partial charge in [0.1, 0.15) is 17.7 Å². The molecule has 132 valence electrons. The number of benzene rings is 1. The molecule has 0 bridgehead atoms. The number of ether oxygens (including phenoxy) is 2. The van der Waals surface area contributed by atoms with Gasteiger partial charge in [-0.15, -0.1) is 11.6 Å². The molecule has 0 saturated heterocycles. The van der Waals surface area contributed by atoms with Gasteiger partial charge in [-0.25, -0.2) is 4.79 Å². The molecule has 1 aliphatic carbocycles. The fraction of sp³-hybridized carbons (Fsp3) is 0.500. The number of methoxy groups -OCH3 is 1. The monoisotopic (exact) mass is 355 g/mol. The predicted molar refractivity (Wildman–Crippen MR) is 92.7 cm³/mol. The van der Waals surface area contributed by atoms with Crippen molar-refractivity contribution in [2.24, 2.45) is 5.73 Å². The molecule has 0 heterocycles. The average Bonchev–Trinajstić information content (AvgIpc) is 2.56. The number of hydrogen-bond acceptors (Lipinski definition) is 5. The van der Waals surface area contributed by atoms with E-state index in [0.717, 1.165) is 31.4 Å². The lowest BCUT2D eigenvalue weighted by atomic mass is 9.92. The van der Waals surface area contributed by atoms with E-state index in [1.807, 2.05) is 6.07 Å². The second kappa shape index (κ2) is 8.63. The van der Waals surface area contributed by atoms with Gasteiger partial charge in [-0.1, -0.05) is 0 Å². The highest BCUT2D eigenvalue weighted by Crippen LogP contribution is 2.31. The summed E-state index contributed by atoms with van der Waals surface area (Å²) >= 11 is 5.51. The molecule has 2 amide bonds. The minimum Gasteiger partial charge on any atom is -0.495 e. The number of alkyl halides is 1. The van der Waals surface area contributed by atoms with E-state index in [9.17, 15) is 9.59 Å². The summed E-state index contributed by atoms with van der Waals surface area (Å²) in [5.41, 5.74) is 6.49. The van der Waals surface area contributed by atoms with Crippen molar-refractivity contribution in [1.82, 2.24) is 0 Å². The van der Waals surface area contributed by atoms with Gasteiger partial charge >= 0.3 is 6.09 Å². The molecule has 2 rings (SSSR count). The maximum absolute atomic E-state index is 11.4. The molecule has 8 heteroatoms. The number of hydrogen-bond donors (Lipinski definition) is 3. The predicted octanol–water partition coefficient (Wildman–Crippen LogP) is 2.69. The summed E-state index contributed by atoms with van der Waals surface area (Å²) in [5.74, 6) is 0.324. The van der Waals surface area contributed by atoms with Crippen LogP contribution in [0.25, 0.3) is 0 Å².